The van der Waals surface area contributed by atoms with Crippen molar-refractivity contribution in [1.29, 1.82) is 0 Å². The van der Waals surface area contributed by atoms with Crippen LogP contribution in [0.2, 0.25) is 0 Å². The van der Waals surface area contributed by atoms with Crippen molar-refractivity contribution in [3.05, 3.63) is 47.0 Å². The summed E-state index contributed by atoms with van der Waals surface area (Å²) in [4.78, 5) is 6.76. The number of guanidine groups is 1. The van der Waals surface area contributed by atoms with E-state index in [-0.39, 0.29) is 0 Å². The topological polar surface area (TPSA) is 39.7 Å². The molecule has 0 saturated carbocycles. The maximum atomic E-state index is 4.33. The number of nitrogens with zero attached hydrogens (tertiary/aromatic N) is 2. The molecule has 0 amide bonds. The van der Waals surface area contributed by atoms with E-state index in [2.05, 4.69) is 67.3 Å². The van der Waals surface area contributed by atoms with Crippen LogP contribution in [-0.4, -0.2) is 43.6 Å². The predicted octanol–water partition coefficient (Wildman–Crippen LogP) is 2.76. The zero-order valence-corrected chi connectivity index (χ0v) is 14.8. The molecule has 1 fully saturated rings. The Morgan fingerprint density at radius 1 is 1.36 bits per heavy atom. The summed E-state index contributed by atoms with van der Waals surface area (Å²) in [5.41, 5.74) is 1.24. The van der Waals surface area contributed by atoms with Crippen molar-refractivity contribution in [2.45, 2.75) is 25.4 Å². The first-order valence-electron chi connectivity index (χ1n) is 7.76. The Balaban J connectivity index is 1.76. The van der Waals surface area contributed by atoms with Gasteiger partial charge in [0.2, 0.25) is 0 Å². The van der Waals surface area contributed by atoms with Crippen molar-refractivity contribution in [2.24, 2.45) is 4.99 Å². The van der Waals surface area contributed by atoms with Gasteiger partial charge in [-0.1, -0.05) is 34.1 Å². The highest BCUT2D eigenvalue weighted by atomic mass is 79.9. The number of hydrogen-bond donors (Lipinski definition) is 2. The molecule has 1 aromatic carbocycles. The Kier molecular flexibility index (Phi) is 6.93. The zero-order chi connectivity index (χ0) is 15.8. The van der Waals surface area contributed by atoms with Gasteiger partial charge < -0.3 is 10.6 Å². The average molecular weight is 365 g/mol. The molecule has 0 radical (unpaired) electrons. The van der Waals surface area contributed by atoms with Crippen LogP contribution in [0, 0.1) is 0 Å². The minimum Gasteiger partial charge on any atom is -0.354 e. The maximum Gasteiger partial charge on any atom is 0.191 e. The predicted molar refractivity (Wildman–Crippen MR) is 97.1 cm³/mol. The van der Waals surface area contributed by atoms with E-state index in [1.54, 1.807) is 0 Å². The van der Waals surface area contributed by atoms with Crippen molar-refractivity contribution >= 4 is 21.9 Å². The molecule has 22 heavy (non-hydrogen) atoms. The lowest BCUT2D eigenvalue weighted by Gasteiger charge is -2.32. The first-order chi connectivity index (χ1) is 10.7. The molecule has 120 valence electrons. The van der Waals surface area contributed by atoms with Gasteiger partial charge >= 0.3 is 0 Å². The first kappa shape index (κ1) is 17.0. The summed E-state index contributed by atoms with van der Waals surface area (Å²) in [6, 6.07) is 8.83. The van der Waals surface area contributed by atoms with Gasteiger partial charge in [0.25, 0.3) is 0 Å². The largest absolute Gasteiger partial charge is 0.354 e. The fourth-order valence-electron chi connectivity index (χ4n) is 2.62. The molecule has 1 heterocycles. The van der Waals surface area contributed by atoms with Gasteiger partial charge in [-0.05, 0) is 30.5 Å². The van der Waals surface area contributed by atoms with Crippen LogP contribution in [0.1, 0.15) is 18.4 Å². The molecule has 0 bridgehead atoms. The number of benzene rings is 1. The Morgan fingerprint density at radius 2 is 2.05 bits per heavy atom. The van der Waals surface area contributed by atoms with Crippen LogP contribution in [-0.2, 0) is 6.54 Å². The summed E-state index contributed by atoms with van der Waals surface area (Å²) in [7, 11) is 1.82. The molecule has 4 nitrogen and oxygen atoms in total. The van der Waals surface area contributed by atoms with E-state index in [9.17, 15) is 0 Å². The summed E-state index contributed by atoms with van der Waals surface area (Å²) < 4.78 is 1.10. The van der Waals surface area contributed by atoms with Crippen LogP contribution in [0.25, 0.3) is 0 Å². The van der Waals surface area contributed by atoms with E-state index < -0.39 is 0 Å². The van der Waals surface area contributed by atoms with E-state index in [4.69, 9.17) is 0 Å². The number of aliphatic imine (C=N–C) groups is 1. The van der Waals surface area contributed by atoms with Gasteiger partial charge in [-0.3, -0.25) is 9.89 Å². The standard InChI is InChI=1S/C17H25BrN4/c1-3-10-22-11-8-16(9-12-22)21-17(19-2)20-13-14-4-6-15(18)7-5-14/h3-7,16H,1,8-13H2,2H3,(H2,19,20,21). The minimum absolute atomic E-state index is 0.497. The highest BCUT2D eigenvalue weighted by Gasteiger charge is 2.18. The molecule has 0 aromatic heterocycles. The minimum atomic E-state index is 0.497. The second-order valence-corrected chi connectivity index (χ2v) is 6.48. The smallest absolute Gasteiger partial charge is 0.191 e. The van der Waals surface area contributed by atoms with E-state index >= 15 is 0 Å². The summed E-state index contributed by atoms with van der Waals surface area (Å²) in [5.74, 6) is 0.880. The van der Waals surface area contributed by atoms with Crippen LogP contribution < -0.4 is 10.6 Å². The molecular weight excluding hydrogens is 340 g/mol. The van der Waals surface area contributed by atoms with E-state index in [0.717, 1.165) is 49.5 Å². The maximum absolute atomic E-state index is 4.33. The molecule has 1 saturated heterocycles. The lowest BCUT2D eigenvalue weighted by atomic mass is 10.1. The molecule has 0 aliphatic carbocycles. The molecule has 2 rings (SSSR count). The summed E-state index contributed by atoms with van der Waals surface area (Å²) >= 11 is 3.45. The first-order valence-corrected chi connectivity index (χ1v) is 8.55. The van der Waals surface area contributed by atoms with Gasteiger partial charge in [0.15, 0.2) is 5.96 Å². The molecule has 1 aliphatic rings. The third-order valence-electron chi connectivity index (χ3n) is 3.91. The normalized spacial score (nSPS) is 17.3. The molecule has 5 heteroatoms. The van der Waals surface area contributed by atoms with Gasteiger partial charge in [0, 0.05) is 43.7 Å². The molecule has 0 unspecified atom stereocenters. The van der Waals surface area contributed by atoms with Crippen molar-refractivity contribution in [3.63, 3.8) is 0 Å². The number of halogens is 1. The Labute approximate surface area is 141 Å². The zero-order valence-electron chi connectivity index (χ0n) is 13.2. The Bertz CT molecular complexity index is 490. The van der Waals surface area contributed by atoms with Gasteiger partial charge in [-0.15, -0.1) is 6.58 Å². The van der Waals surface area contributed by atoms with Crippen LogP contribution >= 0.6 is 15.9 Å². The number of piperidine rings is 1. The van der Waals surface area contributed by atoms with Crippen molar-refractivity contribution < 1.29 is 0 Å². The third kappa shape index (κ3) is 5.46. The lowest BCUT2D eigenvalue weighted by Crippen LogP contribution is -2.48. The monoisotopic (exact) mass is 364 g/mol. The van der Waals surface area contributed by atoms with Crippen molar-refractivity contribution in [1.82, 2.24) is 15.5 Å². The Morgan fingerprint density at radius 3 is 2.64 bits per heavy atom. The fraction of sp³-hybridized carbons (Fsp3) is 0.471. The summed E-state index contributed by atoms with van der Waals surface area (Å²) in [5, 5.41) is 6.91. The van der Waals surface area contributed by atoms with Crippen LogP contribution in [0.3, 0.4) is 0 Å². The third-order valence-corrected chi connectivity index (χ3v) is 4.44. The van der Waals surface area contributed by atoms with E-state index in [1.807, 2.05) is 13.1 Å². The van der Waals surface area contributed by atoms with Crippen molar-refractivity contribution in [3.8, 4) is 0 Å². The average Bonchev–Trinajstić information content (AvgIpc) is 2.55. The lowest BCUT2D eigenvalue weighted by molar-refractivity contribution is 0.225. The quantitative estimate of drug-likeness (QED) is 0.479. The van der Waals surface area contributed by atoms with Crippen LogP contribution in [0.4, 0.5) is 0 Å². The highest BCUT2D eigenvalue weighted by Crippen LogP contribution is 2.11. The molecular formula is C17H25BrN4. The number of nitrogens with one attached hydrogen (secondary N) is 2. The number of hydrogen-bond acceptors (Lipinski definition) is 2. The number of rotatable bonds is 5. The van der Waals surface area contributed by atoms with E-state index in [1.165, 1.54) is 5.56 Å². The van der Waals surface area contributed by atoms with Crippen molar-refractivity contribution in [2.75, 3.05) is 26.7 Å². The van der Waals surface area contributed by atoms with Gasteiger partial charge in [-0.2, -0.15) is 0 Å². The molecule has 0 atom stereocenters. The highest BCUT2D eigenvalue weighted by molar-refractivity contribution is 9.10. The van der Waals surface area contributed by atoms with Crippen LogP contribution in [0.15, 0.2) is 46.4 Å². The van der Waals surface area contributed by atoms with Gasteiger partial charge in [0.1, 0.15) is 0 Å². The Hall–Kier alpha value is -1.33. The summed E-state index contributed by atoms with van der Waals surface area (Å²) in [6.45, 7) is 7.81. The summed E-state index contributed by atoms with van der Waals surface area (Å²) in [6.07, 6.45) is 4.27. The molecule has 2 N–H and O–H groups in total. The second-order valence-electron chi connectivity index (χ2n) is 5.56. The second kappa shape index (κ2) is 8.96. The number of likely N-dealkylation sites (tertiary alicyclic amines) is 1. The molecule has 1 aliphatic heterocycles. The SMILES string of the molecule is C=CCN1CCC(NC(=NC)NCc2ccc(Br)cc2)CC1. The van der Waals surface area contributed by atoms with Gasteiger partial charge in [-0.25, -0.2) is 0 Å². The van der Waals surface area contributed by atoms with Gasteiger partial charge in [0.05, 0.1) is 0 Å². The van der Waals surface area contributed by atoms with Crippen LogP contribution in [0.5, 0.6) is 0 Å². The fourth-order valence-corrected chi connectivity index (χ4v) is 2.88. The van der Waals surface area contributed by atoms with E-state index in [0.29, 0.717) is 6.04 Å². The molecule has 0 spiro atoms. The molecule has 1 aromatic rings.